The highest BCUT2D eigenvalue weighted by Gasteiger charge is 2.44. The zero-order chi connectivity index (χ0) is 24.6. The summed E-state index contributed by atoms with van der Waals surface area (Å²) in [6.45, 7) is 3.94. The number of nitrogens with one attached hydrogen (secondary N) is 3. The fourth-order valence-electron chi connectivity index (χ4n) is 4.60. The van der Waals surface area contributed by atoms with Gasteiger partial charge in [0.15, 0.2) is 0 Å². The number of cyclic esters (lactones) is 1. The van der Waals surface area contributed by atoms with Crippen LogP contribution in [0.3, 0.4) is 0 Å². The summed E-state index contributed by atoms with van der Waals surface area (Å²) in [6.07, 6.45) is 5.42. The van der Waals surface area contributed by atoms with Gasteiger partial charge < -0.3 is 30.3 Å². The van der Waals surface area contributed by atoms with Crippen LogP contribution in [0.2, 0.25) is 0 Å². The van der Waals surface area contributed by atoms with Gasteiger partial charge in [-0.3, -0.25) is 14.4 Å². The Morgan fingerprint density at radius 1 is 1.09 bits per heavy atom. The second kappa shape index (κ2) is 12.1. The van der Waals surface area contributed by atoms with Gasteiger partial charge in [0.1, 0.15) is 11.6 Å². The molecule has 3 aliphatic rings. The van der Waals surface area contributed by atoms with Gasteiger partial charge in [0.25, 0.3) is 5.91 Å². The quantitative estimate of drug-likeness (QED) is 0.320. The lowest BCUT2D eigenvalue weighted by atomic mass is 9.80. The number of rotatable bonds is 9. The lowest BCUT2D eigenvalue weighted by molar-refractivity contribution is -0.144. The SMILES string of the molecule is CCCCC(NC(=O)C1(NC(=O)N2CCOCC2)CCCCC1)C(=O)C(=O)NC1CCOC1=O. The Morgan fingerprint density at radius 3 is 2.41 bits per heavy atom. The van der Waals surface area contributed by atoms with E-state index >= 15 is 0 Å². The zero-order valence-electron chi connectivity index (χ0n) is 19.9. The van der Waals surface area contributed by atoms with Crippen molar-refractivity contribution in [3.63, 3.8) is 0 Å². The predicted octanol–water partition coefficient (Wildman–Crippen LogP) is 0.407. The summed E-state index contributed by atoms with van der Waals surface area (Å²) >= 11 is 0. The average molecular weight is 481 g/mol. The van der Waals surface area contributed by atoms with Crippen LogP contribution >= 0.6 is 0 Å². The second-order valence-corrected chi connectivity index (χ2v) is 9.19. The molecule has 2 atom stereocenters. The number of urea groups is 1. The number of hydrogen-bond acceptors (Lipinski definition) is 7. The topological polar surface area (TPSA) is 143 Å². The van der Waals surface area contributed by atoms with Crippen molar-refractivity contribution in [2.45, 2.75) is 82.3 Å². The van der Waals surface area contributed by atoms with Crippen molar-refractivity contribution in [3.05, 3.63) is 0 Å². The molecule has 11 heteroatoms. The lowest BCUT2D eigenvalue weighted by Gasteiger charge is -2.39. The van der Waals surface area contributed by atoms with E-state index in [2.05, 4.69) is 16.0 Å². The Hall–Kier alpha value is -2.69. The molecule has 2 saturated heterocycles. The molecular formula is C23H36N4O7. The van der Waals surface area contributed by atoms with Gasteiger partial charge in [-0.1, -0.05) is 39.0 Å². The van der Waals surface area contributed by atoms with Crippen molar-refractivity contribution < 1.29 is 33.4 Å². The number of morpholine rings is 1. The third-order valence-corrected chi connectivity index (χ3v) is 6.72. The molecule has 190 valence electrons. The smallest absolute Gasteiger partial charge is 0.328 e. The second-order valence-electron chi connectivity index (χ2n) is 9.19. The summed E-state index contributed by atoms with van der Waals surface area (Å²) in [5, 5.41) is 8.13. The maximum atomic E-state index is 13.5. The summed E-state index contributed by atoms with van der Waals surface area (Å²) in [7, 11) is 0. The first-order valence-corrected chi connectivity index (χ1v) is 12.3. The van der Waals surface area contributed by atoms with Gasteiger partial charge in [-0.25, -0.2) is 9.59 Å². The number of carbonyl (C=O) groups is 5. The van der Waals surface area contributed by atoms with E-state index in [4.69, 9.17) is 9.47 Å². The fourth-order valence-corrected chi connectivity index (χ4v) is 4.60. The van der Waals surface area contributed by atoms with Crippen LogP contribution in [0, 0.1) is 0 Å². The van der Waals surface area contributed by atoms with Crippen molar-refractivity contribution in [1.29, 1.82) is 0 Å². The summed E-state index contributed by atoms with van der Waals surface area (Å²) in [5.74, 6) is -2.73. The number of nitrogens with zero attached hydrogens (tertiary/aromatic N) is 1. The van der Waals surface area contributed by atoms with Crippen LogP contribution in [0.15, 0.2) is 0 Å². The van der Waals surface area contributed by atoms with Crippen molar-refractivity contribution in [3.8, 4) is 0 Å². The number of Topliss-reactive ketones (excluding diaryl/α,β-unsaturated/α-hetero) is 1. The molecule has 3 fully saturated rings. The van der Waals surface area contributed by atoms with Gasteiger partial charge in [0.05, 0.1) is 25.9 Å². The number of esters is 1. The fraction of sp³-hybridized carbons (Fsp3) is 0.783. The molecule has 4 amide bonds. The Labute approximate surface area is 199 Å². The molecule has 11 nitrogen and oxygen atoms in total. The van der Waals surface area contributed by atoms with Crippen LogP contribution in [0.1, 0.15) is 64.7 Å². The molecule has 3 rings (SSSR count). The van der Waals surface area contributed by atoms with Crippen molar-refractivity contribution in [1.82, 2.24) is 20.9 Å². The van der Waals surface area contributed by atoms with Gasteiger partial charge >= 0.3 is 12.0 Å². The molecule has 0 bridgehead atoms. The predicted molar refractivity (Wildman–Crippen MR) is 121 cm³/mol. The summed E-state index contributed by atoms with van der Waals surface area (Å²) < 4.78 is 10.1. The summed E-state index contributed by atoms with van der Waals surface area (Å²) in [6, 6.07) is -2.21. The number of ether oxygens (including phenoxy) is 2. The van der Waals surface area contributed by atoms with Gasteiger partial charge in [-0.05, 0) is 19.3 Å². The summed E-state index contributed by atoms with van der Waals surface area (Å²) in [5.41, 5.74) is -1.13. The molecule has 1 saturated carbocycles. The van der Waals surface area contributed by atoms with Crippen LogP contribution in [0.5, 0.6) is 0 Å². The number of carbonyl (C=O) groups excluding carboxylic acids is 5. The van der Waals surface area contributed by atoms with Crippen LogP contribution in [0.4, 0.5) is 4.79 Å². The molecule has 34 heavy (non-hydrogen) atoms. The van der Waals surface area contributed by atoms with Crippen LogP contribution < -0.4 is 16.0 Å². The molecule has 2 heterocycles. The third-order valence-electron chi connectivity index (χ3n) is 6.72. The molecule has 1 aliphatic carbocycles. The monoisotopic (exact) mass is 480 g/mol. The zero-order valence-corrected chi connectivity index (χ0v) is 19.9. The molecule has 3 N–H and O–H groups in total. The molecule has 0 aromatic rings. The van der Waals surface area contributed by atoms with E-state index in [-0.39, 0.29) is 19.1 Å². The maximum Gasteiger partial charge on any atom is 0.328 e. The average Bonchev–Trinajstić information content (AvgIpc) is 3.26. The molecule has 2 aliphatic heterocycles. The number of ketones is 1. The molecule has 0 aromatic carbocycles. The minimum absolute atomic E-state index is 0.194. The standard InChI is InChI=1S/C23H36N4O7/c1-2-3-7-16(18(28)19(29)24-17-8-13-34-20(17)30)25-21(31)23(9-5-4-6-10-23)26-22(32)27-11-14-33-15-12-27/h16-17H,2-15H2,1H3,(H,24,29)(H,25,31)(H,26,32). The molecule has 0 radical (unpaired) electrons. The van der Waals surface area contributed by atoms with E-state index in [0.717, 1.165) is 25.7 Å². The third kappa shape index (κ3) is 6.46. The van der Waals surface area contributed by atoms with Gasteiger partial charge in [-0.2, -0.15) is 0 Å². The number of hydrogen-bond donors (Lipinski definition) is 3. The van der Waals surface area contributed by atoms with Crippen molar-refractivity contribution in [2.75, 3.05) is 32.9 Å². The first-order chi connectivity index (χ1) is 16.4. The van der Waals surface area contributed by atoms with E-state index in [1.165, 1.54) is 0 Å². The Kier molecular flexibility index (Phi) is 9.26. The number of unbranched alkanes of at least 4 members (excludes halogenated alkanes) is 1. The van der Waals surface area contributed by atoms with E-state index in [0.29, 0.717) is 52.0 Å². The highest BCUT2D eigenvalue weighted by atomic mass is 16.5. The molecular weight excluding hydrogens is 444 g/mol. The molecule has 2 unspecified atom stereocenters. The first kappa shape index (κ1) is 25.9. The minimum Gasteiger partial charge on any atom is -0.464 e. The largest absolute Gasteiger partial charge is 0.464 e. The Morgan fingerprint density at radius 2 is 1.79 bits per heavy atom. The normalized spacial score (nSPS) is 22.9. The van der Waals surface area contributed by atoms with E-state index in [1.54, 1.807) is 4.90 Å². The van der Waals surface area contributed by atoms with Crippen molar-refractivity contribution in [2.24, 2.45) is 0 Å². The maximum absolute atomic E-state index is 13.5. The number of amides is 4. The van der Waals surface area contributed by atoms with Crippen LogP contribution in [-0.4, -0.2) is 85.0 Å². The first-order valence-electron chi connectivity index (χ1n) is 12.3. The Bertz CT molecular complexity index is 775. The van der Waals surface area contributed by atoms with Gasteiger partial charge in [-0.15, -0.1) is 0 Å². The highest BCUT2D eigenvalue weighted by Crippen LogP contribution is 2.29. The molecule has 0 aromatic heterocycles. The van der Waals surface area contributed by atoms with Gasteiger partial charge in [0.2, 0.25) is 11.7 Å². The van der Waals surface area contributed by atoms with E-state index < -0.39 is 41.2 Å². The van der Waals surface area contributed by atoms with Crippen LogP contribution in [0.25, 0.3) is 0 Å². The van der Waals surface area contributed by atoms with Gasteiger partial charge in [0, 0.05) is 19.5 Å². The highest BCUT2D eigenvalue weighted by molar-refractivity contribution is 6.38. The van der Waals surface area contributed by atoms with E-state index in [1.807, 2.05) is 6.92 Å². The lowest BCUT2D eigenvalue weighted by Crippen LogP contribution is -2.64. The Balaban J connectivity index is 1.69. The summed E-state index contributed by atoms with van der Waals surface area (Å²) in [4.78, 5) is 65.2. The minimum atomic E-state index is -1.13. The van der Waals surface area contributed by atoms with E-state index in [9.17, 15) is 24.0 Å². The molecule has 0 spiro atoms. The van der Waals surface area contributed by atoms with Crippen molar-refractivity contribution >= 4 is 29.6 Å². The van der Waals surface area contributed by atoms with Crippen LogP contribution in [-0.2, 0) is 28.7 Å².